The molecule has 0 amide bonds. The normalized spacial score (nSPS) is 12.2. The van der Waals surface area contributed by atoms with Crippen LogP contribution in [0.5, 0.6) is 11.5 Å². The molecule has 8 heteroatoms. The number of aliphatic hydroxyl groups is 3. The molecule has 1 unspecified atom stereocenters. The number of benzene rings is 1. The standard InChI is InChI=1S/C14H19N3O5/c1-21-13-4-2-3-5-14(13)22-9-12-11(8-19)15-16-17(12)6-10(20)7-18/h2-5,10,18-20H,6-9H2,1H3. The fraction of sp³-hybridized carbons (Fsp3) is 0.429. The van der Waals surface area contributed by atoms with Crippen LogP contribution in [-0.2, 0) is 19.8 Å². The van der Waals surface area contributed by atoms with Crippen LogP contribution in [0.2, 0.25) is 0 Å². The molecule has 0 saturated carbocycles. The van der Waals surface area contributed by atoms with Gasteiger partial charge in [0.2, 0.25) is 0 Å². The molecule has 0 fully saturated rings. The molecule has 1 aromatic carbocycles. The van der Waals surface area contributed by atoms with Crippen molar-refractivity contribution in [3.8, 4) is 11.5 Å². The second-order valence-corrected chi connectivity index (χ2v) is 4.60. The summed E-state index contributed by atoms with van der Waals surface area (Å²) in [5.41, 5.74) is 0.890. The number of hydrogen-bond donors (Lipinski definition) is 3. The van der Waals surface area contributed by atoms with E-state index in [1.807, 2.05) is 12.1 Å². The molecule has 1 aromatic heterocycles. The summed E-state index contributed by atoms with van der Waals surface area (Å²) in [6.07, 6.45) is -0.960. The first-order valence-electron chi connectivity index (χ1n) is 6.76. The van der Waals surface area contributed by atoms with Crippen molar-refractivity contribution < 1.29 is 24.8 Å². The first kappa shape index (κ1) is 16.2. The van der Waals surface area contributed by atoms with E-state index in [4.69, 9.17) is 14.6 Å². The Balaban J connectivity index is 2.15. The van der Waals surface area contributed by atoms with Crippen LogP contribution in [0, 0.1) is 0 Å². The maximum Gasteiger partial charge on any atom is 0.161 e. The van der Waals surface area contributed by atoms with E-state index in [0.29, 0.717) is 22.9 Å². The summed E-state index contributed by atoms with van der Waals surface area (Å²) in [6, 6.07) is 7.17. The van der Waals surface area contributed by atoms with Crippen molar-refractivity contribution in [2.75, 3.05) is 13.7 Å². The Bertz CT molecular complexity index is 602. The number of rotatable bonds is 8. The minimum Gasteiger partial charge on any atom is -0.493 e. The molecule has 0 aliphatic rings. The SMILES string of the molecule is COc1ccccc1OCc1c(CO)nnn1CC(O)CO. The lowest BCUT2D eigenvalue weighted by atomic mass is 10.3. The quantitative estimate of drug-likeness (QED) is 0.614. The van der Waals surface area contributed by atoms with Crippen LogP contribution in [0.4, 0.5) is 0 Å². The number of nitrogens with zero attached hydrogens (tertiary/aromatic N) is 3. The molecule has 0 spiro atoms. The third kappa shape index (κ3) is 3.73. The van der Waals surface area contributed by atoms with Gasteiger partial charge in [-0.3, -0.25) is 0 Å². The summed E-state index contributed by atoms with van der Waals surface area (Å²) in [5.74, 6) is 1.13. The molecule has 3 N–H and O–H groups in total. The Morgan fingerprint density at radius 1 is 1.23 bits per heavy atom. The highest BCUT2D eigenvalue weighted by Crippen LogP contribution is 2.26. The number of aliphatic hydroxyl groups excluding tert-OH is 3. The fourth-order valence-corrected chi connectivity index (χ4v) is 1.94. The third-order valence-electron chi connectivity index (χ3n) is 3.10. The molecule has 8 nitrogen and oxygen atoms in total. The summed E-state index contributed by atoms with van der Waals surface area (Å²) in [5, 5.41) is 35.4. The van der Waals surface area contributed by atoms with E-state index in [0.717, 1.165) is 0 Å². The first-order valence-corrected chi connectivity index (χ1v) is 6.76. The summed E-state index contributed by atoms with van der Waals surface area (Å²) >= 11 is 0. The van der Waals surface area contributed by atoms with Gasteiger partial charge in [-0.15, -0.1) is 5.10 Å². The molecule has 1 heterocycles. The van der Waals surface area contributed by atoms with Gasteiger partial charge in [-0.25, -0.2) is 4.68 Å². The van der Waals surface area contributed by atoms with Crippen LogP contribution in [0.15, 0.2) is 24.3 Å². The van der Waals surface area contributed by atoms with Crippen molar-refractivity contribution in [2.24, 2.45) is 0 Å². The van der Waals surface area contributed by atoms with Crippen molar-refractivity contribution in [1.82, 2.24) is 15.0 Å². The summed E-state index contributed by atoms with van der Waals surface area (Å²) in [6.45, 7) is -0.517. The van der Waals surface area contributed by atoms with Crippen molar-refractivity contribution >= 4 is 0 Å². The van der Waals surface area contributed by atoms with Crippen molar-refractivity contribution in [3.05, 3.63) is 35.7 Å². The maximum absolute atomic E-state index is 9.52. The number of ether oxygens (including phenoxy) is 2. The van der Waals surface area contributed by atoms with E-state index in [1.54, 1.807) is 19.2 Å². The van der Waals surface area contributed by atoms with Gasteiger partial charge in [0.15, 0.2) is 11.5 Å². The number of methoxy groups -OCH3 is 1. The van der Waals surface area contributed by atoms with Gasteiger partial charge in [0.05, 0.1) is 33.0 Å². The second-order valence-electron chi connectivity index (χ2n) is 4.60. The monoisotopic (exact) mass is 309 g/mol. The summed E-state index contributed by atoms with van der Waals surface area (Å²) < 4.78 is 12.3. The molecule has 0 radical (unpaired) electrons. The highest BCUT2D eigenvalue weighted by Gasteiger charge is 2.16. The van der Waals surface area contributed by atoms with Crippen LogP contribution < -0.4 is 9.47 Å². The Kier molecular flexibility index (Phi) is 5.70. The van der Waals surface area contributed by atoms with E-state index >= 15 is 0 Å². The Morgan fingerprint density at radius 2 is 1.95 bits per heavy atom. The molecule has 1 atom stereocenters. The van der Waals surface area contributed by atoms with E-state index in [9.17, 15) is 10.2 Å². The van der Waals surface area contributed by atoms with Crippen molar-refractivity contribution in [1.29, 1.82) is 0 Å². The van der Waals surface area contributed by atoms with Gasteiger partial charge in [0.1, 0.15) is 18.0 Å². The molecule has 0 aliphatic heterocycles. The molecule has 120 valence electrons. The van der Waals surface area contributed by atoms with Gasteiger partial charge in [-0.05, 0) is 12.1 Å². The average molecular weight is 309 g/mol. The molecule has 0 bridgehead atoms. The lowest BCUT2D eigenvalue weighted by molar-refractivity contribution is 0.0760. The highest BCUT2D eigenvalue weighted by molar-refractivity contribution is 5.39. The molecule has 2 rings (SSSR count). The summed E-state index contributed by atoms with van der Waals surface area (Å²) in [7, 11) is 1.55. The Hall–Kier alpha value is -2.16. The predicted octanol–water partition coefficient (Wildman–Crippen LogP) is -0.289. The van der Waals surface area contributed by atoms with Crippen LogP contribution in [0.1, 0.15) is 11.4 Å². The lowest BCUT2D eigenvalue weighted by Crippen LogP contribution is -2.22. The van der Waals surface area contributed by atoms with Gasteiger partial charge in [-0.2, -0.15) is 0 Å². The molecular weight excluding hydrogens is 290 g/mol. The third-order valence-corrected chi connectivity index (χ3v) is 3.10. The van der Waals surface area contributed by atoms with Gasteiger partial charge in [0.25, 0.3) is 0 Å². The topological polar surface area (TPSA) is 110 Å². The lowest BCUT2D eigenvalue weighted by Gasteiger charge is -2.13. The largest absolute Gasteiger partial charge is 0.493 e. The first-order chi connectivity index (χ1) is 10.7. The van der Waals surface area contributed by atoms with Gasteiger partial charge >= 0.3 is 0 Å². The summed E-state index contributed by atoms with van der Waals surface area (Å²) in [4.78, 5) is 0. The molecule has 2 aromatic rings. The van der Waals surface area contributed by atoms with E-state index in [1.165, 1.54) is 4.68 Å². The van der Waals surface area contributed by atoms with E-state index in [2.05, 4.69) is 10.3 Å². The Morgan fingerprint density at radius 3 is 2.59 bits per heavy atom. The zero-order valence-electron chi connectivity index (χ0n) is 12.2. The zero-order chi connectivity index (χ0) is 15.9. The zero-order valence-corrected chi connectivity index (χ0v) is 12.2. The minimum absolute atomic E-state index is 0.0636. The van der Waals surface area contributed by atoms with Gasteiger partial charge in [0, 0.05) is 0 Å². The van der Waals surface area contributed by atoms with E-state index < -0.39 is 6.10 Å². The van der Waals surface area contributed by atoms with Crippen LogP contribution >= 0.6 is 0 Å². The van der Waals surface area contributed by atoms with Crippen LogP contribution in [-0.4, -0.2) is 50.1 Å². The van der Waals surface area contributed by atoms with Crippen molar-refractivity contribution in [3.63, 3.8) is 0 Å². The molecular formula is C14H19N3O5. The van der Waals surface area contributed by atoms with Gasteiger partial charge < -0.3 is 24.8 Å². The molecule has 0 saturated heterocycles. The highest BCUT2D eigenvalue weighted by atomic mass is 16.5. The number of hydrogen-bond acceptors (Lipinski definition) is 7. The predicted molar refractivity (Wildman–Crippen MR) is 76.4 cm³/mol. The van der Waals surface area contributed by atoms with Gasteiger partial charge in [-0.1, -0.05) is 17.3 Å². The minimum atomic E-state index is -0.960. The van der Waals surface area contributed by atoms with Crippen LogP contribution in [0.3, 0.4) is 0 Å². The van der Waals surface area contributed by atoms with Crippen LogP contribution in [0.25, 0.3) is 0 Å². The second kappa shape index (κ2) is 7.74. The average Bonchev–Trinajstić information content (AvgIpc) is 2.94. The number of para-hydroxylation sites is 2. The Labute approximate surface area is 127 Å². The molecule has 22 heavy (non-hydrogen) atoms. The van der Waals surface area contributed by atoms with E-state index in [-0.39, 0.29) is 26.4 Å². The molecule has 0 aliphatic carbocycles. The smallest absolute Gasteiger partial charge is 0.161 e. The number of aromatic nitrogens is 3. The maximum atomic E-state index is 9.52. The fourth-order valence-electron chi connectivity index (χ4n) is 1.94. The van der Waals surface area contributed by atoms with Crippen molar-refractivity contribution in [2.45, 2.75) is 25.9 Å².